The van der Waals surface area contributed by atoms with Gasteiger partial charge < -0.3 is 10.6 Å². The Morgan fingerprint density at radius 1 is 1.39 bits per heavy atom. The molecule has 0 spiro atoms. The van der Waals surface area contributed by atoms with Crippen LogP contribution >= 0.6 is 11.6 Å². The van der Waals surface area contributed by atoms with Crippen LogP contribution in [0.2, 0.25) is 5.02 Å². The molecule has 0 aliphatic carbocycles. The first-order valence-corrected chi connectivity index (χ1v) is 7.33. The fraction of sp³-hybridized carbons (Fsp3) is 0.600. The molecule has 2 rings (SSSR count). The molecule has 1 saturated heterocycles. The largest absolute Gasteiger partial charge is 0.314 e. The summed E-state index contributed by atoms with van der Waals surface area (Å²) >= 11 is 6.15. The van der Waals surface area contributed by atoms with E-state index in [0.717, 1.165) is 11.6 Å². The van der Waals surface area contributed by atoms with Gasteiger partial charge in [-0.2, -0.15) is 0 Å². The van der Waals surface area contributed by atoms with Gasteiger partial charge in [0.25, 0.3) is 0 Å². The first-order chi connectivity index (χ1) is 8.75. The van der Waals surface area contributed by atoms with Gasteiger partial charge >= 0.3 is 0 Å². The molecule has 100 valence electrons. The second kappa shape index (κ2) is 7.13. The third-order valence-electron chi connectivity index (χ3n) is 3.65. The summed E-state index contributed by atoms with van der Waals surface area (Å²) in [5, 5.41) is 8.01. The predicted octanol–water partition coefficient (Wildman–Crippen LogP) is 3.35. The number of halogens is 1. The van der Waals surface area contributed by atoms with Crippen molar-refractivity contribution in [3.63, 3.8) is 0 Å². The van der Waals surface area contributed by atoms with Crippen LogP contribution in [0, 0.1) is 0 Å². The summed E-state index contributed by atoms with van der Waals surface area (Å²) in [4.78, 5) is 0. The Kier molecular flexibility index (Phi) is 5.48. The Labute approximate surface area is 115 Å². The van der Waals surface area contributed by atoms with Gasteiger partial charge in [-0.3, -0.25) is 0 Å². The standard InChI is InChI=1S/C15H23ClN2/c1-12(10-14-7-4-5-9-17-14)18-11-13-6-2-3-8-15(13)16/h2-3,6,8,12,14,17-18H,4-5,7,9-11H2,1H3. The van der Waals surface area contributed by atoms with Crippen LogP contribution in [0.5, 0.6) is 0 Å². The lowest BCUT2D eigenvalue weighted by molar-refractivity contribution is 0.344. The van der Waals surface area contributed by atoms with E-state index in [-0.39, 0.29) is 0 Å². The highest BCUT2D eigenvalue weighted by Gasteiger charge is 2.15. The minimum Gasteiger partial charge on any atom is -0.314 e. The van der Waals surface area contributed by atoms with Gasteiger partial charge in [-0.25, -0.2) is 0 Å². The highest BCUT2D eigenvalue weighted by molar-refractivity contribution is 6.31. The van der Waals surface area contributed by atoms with Crippen LogP contribution in [-0.2, 0) is 6.54 Å². The number of hydrogen-bond donors (Lipinski definition) is 2. The topological polar surface area (TPSA) is 24.1 Å². The second-order valence-electron chi connectivity index (χ2n) is 5.26. The zero-order chi connectivity index (χ0) is 12.8. The summed E-state index contributed by atoms with van der Waals surface area (Å²) in [7, 11) is 0. The summed E-state index contributed by atoms with van der Waals surface area (Å²) in [5.74, 6) is 0. The molecule has 18 heavy (non-hydrogen) atoms. The third kappa shape index (κ3) is 4.27. The van der Waals surface area contributed by atoms with E-state index in [2.05, 4.69) is 23.6 Å². The minimum absolute atomic E-state index is 0.525. The molecular weight excluding hydrogens is 244 g/mol. The molecule has 2 unspecified atom stereocenters. The van der Waals surface area contributed by atoms with Gasteiger partial charge in [-0.15, -0.1) is 0 Å². The lowest BCUT2D eigenvalue weighted by atomic mass is 9.99. The average molecular weight is 267 g/mol. The lowest BCUT2D eigenvalue weighted by Crippen LogP contribution is -2.39. The molecule has 1 aliphatic rings. The number of benzene rings is 1. The Balaban J connectivity index is 1.74. The van der Waals surface area contributed by atoms with Crippen LogP contribution in [0.1, 0.15) is 38.2 Å². The minimum atomic E-state index is 0.525. The van der Waals surface area contributed by atoms with Gasteiger partial charge in [0.2, 0.25) is 0 Å². The zero-order valence-corrected chi connectivity index (χ0v) is 11.8. The van der Waals surface area contributed by atoms with E-state index in [1.807, 2.05) is 18.2 Å². The van der Waals surface area contributed by atoms with Crippen molar-refractivity contribution in [3.05, 3.63) is 34.9 Å². The van der Waals surface area contributed by atoms with E-state index >= 15 is 0 Å². The van der Waals surface area contributed by atoms with E-state index in [1.54, 1.807) is 0 Å². The summed E-state index contributed by atoms with van der Waals surface area (Å²) in [6.07, 6.45) is 5.22. The van der Waals surface area contributed by atoms with Crippen LogP contribution in [0.25, 0.3) is 0 Å². The normalized spacial score (nSPS) is 21.8. The van der Waals surface area contributed by atoms with E-state index < -0.39 is 0 Å². The van der Waals surface area contributed by atoms with Crippen molar-refractivity contribution < 1.29 is 0 Å². The fourth-order valence-electron chi connectivity index (χ4n) is 2.56. The smallest absolute Gasteiger partial charge is 0.0450 e. The summed E-state index contributed by atoms with van der Waals surface area (Å²) < 4.78 is 0. The molecule has 1 heterocycles. The van der Waals surface area contributed by atoms with E-state index in [4.69, 9.17) is 11.6 Å². The van der Waals surface area contributed by atoms with Crippen LogP contribution in [0.3, 0.4) is 0 Å². The number of piperidine rings is 1. The highest BCUT2D eigenvalue weighted by atomic mass is 35.5. The predicted molar refractivity (Wildman–Crippen MR) is 78.0 cm³/mol. The molecule has 1 fully saturated rings. The maximum atomic E-state index is 6.15. The summed E-state index contributed by atoms with van der Waals surface area (Å²) in [6.45, 7) is 4.29. The van der Waals surface area contributed by atoms with Gasteiger partial charge in [-0.05, 0) is 44.4 Å². The fourth-order valence-corrected chi connectivity index (χ4v) is 2.76. The molecule has 3 heteroatoms. The molecule has 1 aromatic carbocycles. The molecule has 2 nitrogen and oxygen atoms in total. The SMILES string of the molecule is CC(CC1CCCCN1)NCc1ccccc1Cl. The number of rotatable bonds is 5. The van der Waals surface area contributed by atoms with Crippen LogP contribution in [0.4, 0.5) is 0 Å². The van der Waals surface area contributed by atoms with E-state index in [9.17, 15) is 0 Å². The monoisotopic (exact) mass is 266 g/mol. The molecule has 0 amide bonds. The van der Waals surface area contributed by atoms with E-state index in [1.165, 1.54) is 37.8 Å². The van der Waals surface area contributed by atoms with Crippen LogP contribution in [0.15, 0.2) is 24.3 Å². The van der Waals surface area contributed by atoms with Crippen molar-refractivity contribution in [2.75, 3.05) is 6.54 Å². The molecule has 2 atom stereocenters. The van der Waals surface area contributed by atoms with Gasteiger partial charge in [0.05, 0.1) is 0 Å². The third-order valence-corrected chi connectivity index (χ3v) is 4.02. The van der Waals surface area contributed by atoms with Crippen molar-refractivity contribution in [1.29, 1.82) is 0 Å². The first-order valence-electron chi connectivity index (χ1n) is 6.96. The molecule has 1 aromatic rings. The van der Waals surface area contributed by atoms with Crippen molar-refractivity contribution in [1.82, 2.24) is 10.6 Å². The lowest BCUT2D eigenvalue weighted by Gasteiger charge is -2.26. The summed E-state index contributed by atoms with van der Waals surface area (Å²) in [6, 6.07) is 9.26. The Morgan fingerprint density at radius 3 is 2.94 bits per heavy atom. The van der Waals surface area contributed by atoms with Crippen molar-refractivity contribution in [2.24, 2.45) is 0 Å². The van der Waals surface area contributed by atoms with Gasteiger partial charge in [-0.1, -0.05) is 36.2 Å². The second-order valence-corrected chi connectivity index (χ2v) is 5.66. The molecule has 1 aliphatic heterocycles. The number of nitrogens with one attached hydrogen (secondary N) is 2. The molecule has 2 N–H and O–H groups in total. The number of hydrogen-bond acceptors (Lipinski definition) is 2. The highest BCUT2D eigenvalue weighted by Crippen LogP contribution is 2.16. The van der Waals surface area contributed by atoms with Crippen molar-refractivity contribution in [3.8, 4) is 0 Å². The maximum absolute atomic E-state index is 6.15. The molecule has 0 bridgehead atoms. The quantitative estimate of drug-likeness (QED) is 0.854. The molecule has 0 radical (unpaired) electrons. The Hall–Kier alpha value is -0.570. The van der Waals surface area contributed by atoms with Gasteiger partial charge in [0.15, 0.2) is 0 Å². The van der Waals surface area contributed by atoms with Gasteiger partial charge in [0.1, 0.15) is 0 Å². The van der Waals surface area contributed by atoms with Crippen LogP contribution < -0.4 is 10.6 Å². The van der Waals surface area contributed by atoms with Crippen LogP contribution in [-0.4, -0.2) is 18.6 Å². The summed E-state index contributed by atoms with van der Waals surface area (Å²) in [5.41, 5.74) is 1.18. The first kappa shape index (κ1) is 13.9. The molecule has 0 saturated carbocycles. The van der Waals surface area contributed by atoms with E-state index in [0.29, 0.717) is 12.1 Å². The Bertz CT molecular complexity index is 361. The molecular formula is C15H23ClN2. The zero-order valence-electron chi connectivity index (χ0n) is 11.1. The maximum Gasteiger partial charge on any atom is 0.0450 e. The van der Waals surface area contributed by atoms with Crippen molar-refractivity contribution >= 4 is 11.6 Å². The average Bonchev–Trinajstić information content (AvgIpc) is 2.39. The molecule has 0 aromatic heterocycles. The van der Waals surface area contributed by atoms with Gasteiger partial charge in [0, 0.05) is 23.7 Å². The van der Waals surface area contributed by atoms with Crippen molar-refractivity contribution in [2.45, 2.75) is 51.2 Å². The Morgan fingerprint density at radius 2 is 2.22 bits per heavy atom.